The quantitative estimate of drug-likeness (QED) is 0.850. The van der Waals surface area contributed by atoms with Crippen LogP contribution in [0.2, 0.25) is 0 Å². The molecule has 0 aromatic heterocycles. The van der Waals surface area contributed by atoms with Gasteiger partial charge in [0.2, 0.25) is 10.0 Å². The van der Waals surface area contributed by atoms with Gasteiger partial charge in [0.15, 0.2) is 5.25 Å². The zero-order valence-corrected chi connectivity index (χ0v) is 12.0. The van der Waals surface area contributed by atoms with Crippen LogP contribution in [0.3, 0.4) is 0 Å². The summed E-state index contributed by atoms with van der Waals surface area (Å²) in [7, 11) is -2.87. The van der Waals surface area contributed by atoms with E-state index in [1.165, 1.54) is 19.1 Å². The van der Waals surface area contributed by atoms with Crippen molar-refractivity contribution in [1.82, 2.24) is 0 Å². The number of rotatable bonds is 4. The van der Waals surface area contributed by atoms with Crippen LogP contribution in [-0.4, -0.2) is 26.7 Å². The van der Waals surface area contributed by atoms with Gasteiger partial charge in [-0.1, -0.05) is 0 Å². The van der Waals surface area contributed by atoms with E-state index < -0.39 is 27.1 Å². The van der Waals surface area contributed by atoms with Gasteiger partial charge >= 0.3 is 5.97 Å². The first-order valence-electron chi connectivity index (χ1n) is 4.82. The fourth-order valence-corrected chi connectivity index (χ4v) is 2.33. The fourth-order valence-electron chi connectivity index (χ4n) is 1.10. The number of benzene rings is 1. The second-order valence-electron chi connectivity index (χ2n) is 3.44. The molecular formula is C10H11BrFNO4S. The van der Waals surface area contributed by atoms with E-state index in [0.29, 0.717) is 0 Å². The Morgan fingerprint density at radius 1 is 1.50 bits per heavy atom. The van der Waals surface area contributed by atoms with Crippen LogP contribution in [0.1, 0.15) is 6.92 Å². The molecule has 1 unspecified atom stereocenters. The number of carbonyl (C=O) groups is 1. The highest BCUT2D eigenvalue weighted by Gasteiger charge is 2.28. The molecule has 0 aliphatic carbocycles. The molecule has 1 rings (SSSR count). The Labute approximate surface area is 113 Å². The maximum Gasteiger partial charge on any atom is 0.325 e. The Hall–Kier alpha value is -1.15. The molecule has 0 radical (unpaired) electrons. The average Bonchev–Trinajstić information content (AvgIpc) is 2.31. The van der Waals surface area contributed by atoms with Crippen molar-refractivity contribution >= 4 is 37.6 Å². The molecule has 0 amide bonds. The Morgan fingerprint density at radius 3 is 2.61 bits per heavy atom. The van der Waals surface area contributed by atoms with E-state index in [9.17, 15) is 17.6 Å². The van der Waals surface area contributed by atoms with Gasteiger partial charge in [-0.25, -0.2) is 12.8 Å². The van der Waals surface area contributed by atoms with Crippen LogP contribution in [0.15, 0.2) is 22.7 Å². The summed E-state index contributed by atoms with van der Waals surface area (Å²) in [6, 6.07) is 3.73. The first kappa shape index (κ1) is 14.9. The smallest absolute Gasteiger partial charge is 0.325 e. The van der Waals surface area contributed by atoms with E-state index in [2.05, 4.69) is 25.4 Å². The zero-order valence-electron chi connectivity index (χ0n) is 9.61. The summed E-state index contributed by atoms with van der Waals surface area (Å²) >= 11 is 2.95. The Morgan fingerprint density at radius 2 is 2.11 bits per heavy atom. The van der Waals surface area contributed by atoms with E-state index in [-0.39, 0.29) is 10.2 Å². The standard InChI is InChI=1S/C10H11BrFNO4S/c1-6(10(14)17-2)18(15,16)13-7-3-4-8(11)9(12)5-7/h3-6,13H,1-2H3. The molecule has 0 heterocycles. The number of sulfonamides is 1. The van der Waals surface area contributed by atoms with Crippen molar-refractivity contribution in [3.8, 4) is 0 Å². The minimum Gasteiger partial charge on any atom is -0.468 e. The second kappa shape index (κ2) is 5.66. The topological polar surface area (TPSA) is 72.5 Å². The van der Waals surface area contributed by atoms with Crippen LogP contribution in [0, 0.1) is 5.82 Å². The van der Waals surface area contributed by atoms with Gasteiger partial charge in [0.05, 0.1) is 17.3 Å². The molecule has 0 aliphatic rings. The molecule has 18 heavy (non-hydrogen) atoms. The van der Waals surface area contributed by atoms with Crippen molar-refractivity contribution < 1.29 is 22.3 Å². The van der Waals surface area contributed by atoms with Crippen molar-refractivity contribution in [2.45, 2.75) is 12.2 Å². The number of nitrogens with one attached hydrogen (secondary N) is 1. The van der Waals surface area contributed by atoms with Gasteiger partial charge in [-0.2, -0.15) is 0 Å². The van der Waals surface area contributed by atoms with Gasteiger partial charge < -0.3 is 4.74 Å². The van der Waals surface area contributed by atoms with Crippen LogP contribution in [0.4, 0.5) is 10.1 Å². The third-order valence-electron chi connectivity index (χ3n) is 2.18. The molecular weight excluding hydrogens is 329 g/mol. The Kier molecular flexibility index (Phi) is 4.69. The summed E-state index contributed by atoms with van der Waals surface area (Å²) in [5.74, 6) is -1.50. The number of methoxy groups -OCH3 is 1. The molecule has 0 aliphatic heterocycles. The van der Waals surface area contributed by atoms with Gasteiger partial charge in [-0.05, 0) is 41.1 Å². The minimum atomic E-state index is -3.96. The lowest BCUT2D eigenvalue weighted by molar-refractivity contribution is -0.139. The lowest BCUT2D eigenvalue weighted by Gasteiger charge is -2.13. The van der Waals surface area contributed by atoms with Crippen molar-refractivity contribution in [2.75, 3.05) is 11.8 Å². The largest absolute Gasteiger partial charge is 0.468 e. The van der Waals surface area contributed by atoms with E-state index in [0.717, 1.165) is 13.2 Å². The Balaban J connectivity index is 2.95. The summed E-state index contributed by atoms with van der Waals surface area (Å²) < 4.78 is 43.4. The first-order valence-corrected chi connectivity index (χ1v) is 7.16. The Bertz CT molecular complexity index is 561. The minimum absolute atomic E-state index is 0.0338. The lowest BCUT2D eigenvalue weighted by Crippen LogP contribution is -2.33. The van der Waals surface area contributed by atoms with Crippen molar-refractivity contribution in [1.29, 1.82) is 0 Å². The molecule has 1 atom stereocenters. The van der Waals surface area contributed by atoms with Crippen molar-refractivity contribution in [2.24, 2.45) is 0 Å². The SMILES string of the molecule is COC(=O)C(C)S(=O)(=O)Nc1ccc(Br)c(F)c1. The highest BCUT2D eigenvalue weighted by Crippen LogP contribution is 2.20. The highest BCUT2D eigenvalue weighted by atomic mass is 79.9. The molecule has 8 heteroatoms. The first-order chi connectivity index (χ1) is 8.27. The van der Waals surface area contributed by atoms with Crippen LogP contribution < -0.4 is 4.72 Å². The average molecular weight is 340 g/mol. The van der Waals surface area contributed by atoms with E-state index >= 15 is 0 Å². The third-order valence-corrected chi connectivity index (χ3v) is 4.46. The van der Waals surface area contributed by atoms with Crippen LogP contribution in [0.25, 0.3) is 0 Å². The molecule has 0 bridgehead atoms. The third kappa shape index (κ3) is 3.42. The maximum atomic E-state index is 13.2. The molecule has 1 N–H and O–H groups in total. The molecule has 0 fully saturated rings. The molecule has 0 saturated heterocycles. The van der Waals surface area contributed by atoms with Crippen LogP contribution in [0.5, 0.6) is 0 Å². The van der Waals surface area contributed by atoms with E-state index in [4.69, 9.17) is 0 Å². The number of hydrogen-bond acceptors (Lipinski definition) is 4. The fraction of sp³-hybridized carbons (Fsp3) is 0.300. The summed E-state index contributed by atoms with van der Waals surface area (Å²) in [5.41, 5.74) is 0.0338. The van der Waals surface area contributed by atoms with Crippen LogP contribution >= 0.6 is 15.9 Å². The van der Waals surface area contributed by atoms with Gasteiger partial charge in [0.25, 0.3) is 0 Å². The molecule has 100 valence electrons. The van der Waals surface area contributed by atoms with Gasteiger partial charge in [-0.15, -0.1) is 0 Å². The van der Waals surface area contributed by atoms with E-state index in [1.54, 1.807) is 0 Å². The molecule has 1 aromatic rings. The predicted molar refractivity (Wildman–Crippen MR) is 68.1 cm³/mol. The normalized spacial score (nSPS) is 12.9. The number of ether oxygens (including phenoxy) is 1. The van der Waals surface area contributed by atoms with Gasteiger partial charge in [-0.3, -0.25) is 9.52 Å². The summed E-state index contributed by atoms with van der Waals surface area (Å²) in [6.07, 6.45) is 0. The number of hydrogen-bond donors (Lipinski definition) is 1. The number of halogens is 2. The van der Waals surface area contributed by atoms with Gasteiger partial charge in [0, 0.05) is 0 Å². The highest BCUT2D eigenvalue weighted by molar-refractivity contribution is 9.10. The second-order valence-corrected chi connectivity index (χ2v) is 6.30. The number of esters is 1. The predicted octanol–water partition coefficient (Wildman–Crippen LogP) is 1.89. The zero-order chi connectivity index (χ0) is 13.9. The number of anilines is 1. The van der Waals surface area contributed by atoms with Crippen LogP contribution in [-0.2, 0) is 19.6 Å². The van der Waals surface area contributed by atoms with Gasteiger partial charge in [0.1, 0.15) is 5.82 Å². The molecule has 1 aromatic carbocycles. The monoisotopic (exact) mass is 339 g/mol. The lowest BCUT2D eigenvalue weighted by atomic mass is 10.3. The van der Waals surface area contributed by atoms with Crippen molar-refractivity contribution in [3.05, 3.63) is 28.5 Å². The summed E-state index contributed by atoms with van der Waals surface area (Å²) in [6.45, 7) is 1.18. The maximum absolute atomic E-state index is 13.2. The molecule has 0 saturated carbocycles. The van der Waals surface area contributed by atoms with E-state index in [1.807, 2.05) is 0 Å². The summed E-state index contributed by atoms with van der Waals surface area (Å²) in [4.78, 5) is 11.1. The van der Waals surface area contributed by atoms with Crippen molar-refractivity contribution in [3.63, 3.8) is 0 Å². The molecule has 5 nitrogen and oxygen atoms in total. The number of carbonyl (C=O) groups excluding carboxylic acids is 1. The summed E-state index contributed by atoms with van der Waals surface area (Å²) in [5, 5.41) is -1.38. The molecule has 0 spiro atoms.